The standard InChI is InChI=1S/C19H18ClN5O2/c1-11-8-12(2)17(15(20)9-11)23-16-10-21-25-19(24-16)22-14-6-4-13(5-7-14)18(26)27-3/h4-10H,1-3H3,(H2,22,23,24,25). The number of rotatable bonds is 5. The highest BCUT2D eigenvalue weighted by Gasteiger charge is 2.09. The molecule has 0 saturated carbocycles. The van der Waals surface area contributed by atoms with Gasteiger partial charge in [0.2, 0.25) is 5.95 Å². The molecule has 0 radical (unpaired) electrons. The van der Waals surface area contributed by atoms with E-state index in [4.69, 9.17) is 11.6 Å². The number of esters is 1. The van der Waals surface area contributed by atoms with Gasteiger partial charge in [-0.1, -0.05) is 17.7 Å². The summed E-state index contributed by atoms with van der Waals surface area (Å²) in [7, 11) is 1.34. The number of methoxy groups -OCH3 is 1. The Hall–Kier alpha value is -3.19. The van der Waals surface area contributed by atoms with E-state index in [2.05, 4.69) is 30.6 Å². The molecule has 0 amide bonds. The maximum Gasteiger partial charge on any atom is 0.337 e. The van der Waals surface area contributed by atoms with Crippen LogP contribution in [0.25, 0.3) is 0 Å². The molecule has 0 spiro atoms. The predicted molar refractivity (Wildman–Crippen MR) is 105 cm³/mol. The third-order valence-corrected chi connectivity index (χ3v) is 4.10. The van der Waals surface area contributed by atoms with Gasteiger partial charge >= 0.3 is 5.97 Å². The quantitative estimate of drug-likeness (QED) is 0.630. The van der Waals surface area contributed by atoms with Gasteiger partial charge in [0.15, 0.2) is 5.82 Å². The first-order chi connectivity index (χ1) is 13.0. The fourth-order valence-corrected chi connectivity index (χ4v) is 2.92. The summed E-state index contributed by atoms with van der Waals surface area (Å²) >= 11 is 6.33. The van der Waals surface area contributed by atoms with E-state index in [1.165, 1.54) is 13.3 Å². The molecule has 0 aliphatic carbocycles. The van der Waals surface area contributed by atoms with E-state index in [0.717, 1.165) is 16.8 Å². The molecule has 0 saturated heterocycles. The molecule has 0 aliphatic heterocycles. The molecule has 1 heterocycles. The monoisotopic (exact) mass is 383 g/mol. The summed E-state index contributed by atoms with van der Waals surface area (Å²) in [6.45, 7) is 3.96. The van der Waals surface area contributed by atoms with E-state index in [1.54, 1.807) is 24.3 Å². The number of aromatic nitrogens is 3. The average molecular weight is 384 g/mol. The third kappa shape index (κ3) is 4.51. The molecule has 0 atom stereocenters. The van der Waals surface area contributed by atoms with E-state index >= 15 is 0 Å². The van der Waals surface area contributed by atoms with Crippen LogP contribution < -0.4 is 10.6 Å². The van der Waals surface area contributed by atoms with Crippen LogP contribution in [-0.4, -0.2) is 28.3 Å². The highest BCUT2D eigenvalue weighted by atomic mass is 35.5. The molecule has 7 nitrogen and oxygen atoms in total. The van der Waals surface area contributed by atoms with Gasteiger partial charge < -0.3 is 15.4 Å². The minimum atomic E-state index is -0.393. The van der Waals surface area contributed by atoms with E-state index in [0.29, 0.717) is 28.0 Å². The fraction of sp³-hybridized carbons (Fsp3) is 0.158. The lowest BCUT2D eigenvalue weighted by Crippen LogP contribution is -2.04. The van der Waals surface area contributed by atoms with Crippen molar-refractivity contribution in [2.24, 2.45) is 0 Å². The smallest absolute Gasteiger partial charge is 0.337 e. The van der Waals surface area contributed by atoms with E-state index in [9.17, 15) is 4.79 Å². The zero-order valence-corrected chi connectivity index (χ0v) is 15.8. The molecule has 0 fully saturated rings. The predicted octanol–water partition coefficient (Wildman–Crippen LogP) is 4.42. The first kappa shape index (κ1) is 18.6. The minimum Gasteiger partial charge on any atom is -0.465 e. The molecule has 0 aliphatic rings. The van der Waals surface area contributed by atoms with Crippen molar-refractivity contribution in [2.45, 2.75) is 13.8 Å². The number of hydrogen-bond donors (Lipinski definition) is 2. The maximum atomic E-state index is 11.5. The molecule has 138 valence electrons. The van der Waals surface area contributed by atoms with Gasteiger partial charge in [0.1, 0.15) is 0 Å². The van der Waals surface area contributed by atoms with Crippen LogP contribution in [0.2, 0.25) is 5.02 Å². The Kier molecular flexibility index (Phi) is 5.52. The summed E-state index contributed by atoms with van der Waals surface area (Å²) in [6.07, 6.45) is 1.52. The van der Waals surface area contributed by atoms with E-state index in [1.807, 2.05) is 26.0 Å². The largest absolute Gasteiger partial charge is 0.465 e. The number of nitrogens with one attached hydrogen (secondary N) is 2. The zero-order chi connectivity index (χ0) is 19.4. The van der Waals surface area contributed by atoms with Crippen molar-refractivity contribution in [3.63, 3.8) is 0 Å². The Morgan fingerprint density at radius 2 is 1.85 bits per heavy atom. The number of carbonyl (C=O) groups excluding carboxylic acids is 1. The van der Waals surface area contributed by atoms with Gasteiger partial charge in [-0.05, 0) is 55.3 Å². The third-order valence-electron chi connectivity index (χ3n) is 3.81. The minimum absolute atomic E-state index is 0.312. The number of ether oxygens (including phenoxy) is 1. The van der Waals surface area contributed by atoms with Crippen LogP contribution >= 0.6 is 11.6 Å². The van der Waals surface area contributed by atoms with Crippen LogP contribution in [0.1, 0.15) is 21.5 Å². The van der Waals surface area contributed by atoms with Crippen molar-refractivity contribution < 1.29 is 9.53 Å². The summed E-state index contributed by atoms with van der Waals surface area (Å²) < 4.78 is 4.68. The van der Waals surface area contributed by atoms with Crippen LogP contribution in [0.3, 0.4) is 0 Å². The topological polar surface area (TPSA) is 89.0 Å². The SMILES string of the molecule is COC(=O)c1ccc(Nc2nncc(Nc3c(C)cc(C)cc3Cl)n2)cc1. The van der Waals surface area contributed by atoms with Crippen molar-refractivity contribution in [1.29, 1.82) is 0 Å². The van der Waals surface area contributed by atoms with Gasteiger partial charge in [-0.15, -0.1) is 5.10 Å². The lowest BCUT2D eigenvalue weighted by Gasteiger charge is -2.12. The Balaban J connectivity index is 1.77. The summed E-state index contributed by atoms with van der Waals surface area (Å²) in [4.78, 5) is 15.9. The summed E-state index contributed by atoms with van der Waals surface area (Å²) in [5, 5.41) is 14.8. The molecule has 1 aromatic heterocycles. The number of hydrogen-bond acceptors (Lipinski definition) is 7. The summed E-state index contributed by atoms with van der Waals surface area (Å²) in [5.41, 5.74) is 4.04. The lowest BCUT2D eigenvalue weighted by molar-refractivity contribution is 0.0601. The fourth-order valence-electron chi connectivity index (χ4n) is 2.56. The number of benzene rings is 2. The van der Waals surface area contributed by atoms with Crippen LogP contribution in [0.5, 0.6) is 0 Å². The van der Waals surface area contributed by atoms with E-state index < -0.39 is 5.97 Å². The van der Waals surface area contributed by atoms with Crippen molar-refractivity contribution in [3.05, 3.63) is 64.3 Å². The summed E-state index contributed by atoms with van der Waals surface area (Å²) in [6, 6.07) is 10.7. The first-order valence-corrected chi connectivity index (χ1v) is 8.53. The van der Waals surface area contributed by atoms with Crippen LogP contribution in [-0.2, 0) is 4.74 Å². The van der Waals surface area contributed by atoms with Gasteiger partial charge in [0, 0.05) is 5.69 Å². The van der Waals surface area contributed by atoms with Crippen molar-refractivity contribution in [2.75, 3.05) is 17.7 Å². The molecule has 0 unspecified atom stereocenters. The normalized spacial score (nSPS) is 10.4. The van der Waals surface area contributed by atoms with Gasteiger partial charge in [-0.3, -0.25) is 0 Å². The average Bonchev–Trinajstić information content (AvgIpc) is 2.65. The summed E-state index contributed by atoms with van der Waals surface area (Å²) in [5.74, 6) is 0.426. The number of halogens is 1. The molecule has 2 aromatic carbocycles. The Morgan fingerprint density at radius 1 is 1.11 bits per heavy atom. The second-order valence-electron chi connectivity index (χ2n) is 5.92. The molecular weight excluding hydrogens is 366 g/mol. The van der Waals surface area contributed by atoms with Crippen LogP contribution in [0.15, 0.2) is 42.6 Å². The van der Waals surface area contributed by atoms with E-state index in [-0.39, 0.29) is 0 Å². The highest BCUT2D eigenvalue weighted by Crippen LogP contribution is 2.29. The first-order valence-electron chi connectivity index (χ1n) is 8.15. The Morgan fingerprint density at radius 3 is 2.52 bits per heavy atom. The van der Waals surface area contributed by atoms with Crippen molar-refractivity contribution >= 4 is 40.7 Å². The second kappa shape index (κ2) is 8.01. The van der Waals surface area contributed by atoms with Crippen LogP contribution in [0.4, 0.5) is 23.1 Å². The van der Waals surface area contributed by atoms with Gasteiger partial charge in [0.05, 0.1) is 29.6 Å². The Bertz CT molecular complexity index is 953. The van der Waals surface area contributed by atoms with Gasteiger partial charge in [-0.2, -0.15) is 10.1 Å². The number of aryl methyl sites for hydroxylation is 2. The molecule has 0 bridgehead atoms. The maximum absolute atomic E-state index is 11.5. The van der Waals surface area contributed by atoms with Gasteiger partial charge in [0.25, 0.3) is 0 Å². The molecule has 2 N–H and O–H groups in total. The number of anilines is 4. The molecular formula is C19H18ClN5O2. The molecule has 3 aromatic rings. The number of nitrogens with zero attached hydrogens (tertiary/aromatic N) is 3. The zero-order valence-electron chi connectivity index (χ0n) is 15.1. The van der Waals surface area contributed by atoms with Crippen molar-refractivity contribution in [1.82, 2.24) is 15.2 Å². The lowest BCUT2D eigenvalue weighted by atomic mass is 10.1. The van der Waals surface area contributed by atoms with Gasteiger partial charge in [-0.25, -0.2) is 4.79 Å². The molecule has 27 heavy (non-hydrogen) atoms. The second-order valence-corrected chi connectivity index (χ2v) is 6.33. The number of carbonyl (C=O) groups is 1. The van der Waals surface area contributed by atoms with Crippen molar-refractivity contribution in [3.8, 4) is 0 Å². The molecule has 3 rings (SSSR count). The highest BCUT2D eigenvalue weighted by molar-refractivity contribution is 6.33. The Labute approximate surface area is 161 Å². The van der Waals surface area contributed by atoms with Crippen LogP contribution in [0, 0.1) is 13.8 Å². The molecule has 8 heteroatoms.